The van der Waals surface area contributed by atoms with Gasteiger partial charge in [-0.05, 0) is 79.4 Å². The molecule has 4 aromatic rings. The number of fused-ring (bicyclic) bond motifs is 1. The van der Waals surface area contributed by atoms with Crippen LogP contribution in [0, 0.1) is 13.8 Å². The first-order valence-electron chi connectivity index (χ1n) is 12.1. The third-order valence-electron chi connectivity index (χ3n) is 6.33. The Balaban J connectivity index is 1.68. The Labute approximate surface area is 234 Å². The summed E-state index contributed by atoms with van der Waals surface area (Å²) in [5, 5.41) is 12.3. The standard InChI is InChI=1S/C29H24Cl2N2O4S/c1-4-11-37-19-8-5-17(6-9-19)26(34)23-25(18-7-10-20(30)21(31)14-18)33(28(36)27(23)35)29-32-24-16(3)12-15(2)13-22(24)38-29/h5-10,12-14,25,34H,4,11H2,1-3H3. The van der Waals surface area contributed by atoms with Crippen molar-refractivity contribution in [1.82, 2.24) is 4.98 Å². The molecule has 6 nitrogen and oxygen atoms in total. The van der Waals surface area contributed by atoms with Crippen molar-refractivity contribution in [3.63, 3.8) is 0 Å². The van der Waals surface area contributed by atoms with Crippen LogP contribution in [-0.4, -0.2) is 28.4 Å². The summed E-state index contributed by atoms with van der Waals surface area (Å²) in [4.78, 5) is 33.0. The summed E-state index contributed by atoms with van der Waals surface area (Å²) in [5.41, 5.74) is 3.65. The number of aliphatic hydroxyl groups excluding tert-OH is 1. The highest BCUT2D eigenvalue weighted by Crippen LogP contribution is 2.45. The number of halogens is 2. The molecule has 194 valence electrons. The highest BCUT2D eigenvalue weighted by molar-refractivity contribution is 7.22. The number of ketones is 1. The molecule has 5 rings (SSSR count). The number of carbonyl (C=O) groups is 2. The number of amides is 1. The highest BCUT2D eigenvalue weighted by Gasteiger charge is 2.48. The number of aliphatic hydroxyl groups is 1. The summed E-state index contributed by atoms with van der Waals surface area (Å²) in [6.07, 6.45) is 0.861. The second kappa shape index (κ2) is 10.4. The number of rotatable bonds is 6. The van der Waals surface area contributed by atoms with Crippen LogP contribution in [0.25, 0.3) is 16.0 Å². The lowest BCUT2D eigenvalue weighted by molar-refractivity contribution is -0.132. The normalized spacial score (nSPS) is 17.0. The molecule has 0 aliphatic carbocycles. The fraction of sp³-hybridized carbons (Fsp3) is 0.207. The fourth-order valence-corrected chi connectivity index (χ4v) is 6.05. The molecule has 9 heteroatoms. The second-order valence-corrected chi connectivity index (χ2v) is 11.0. The lowest BCUT2D eigenvalue weighted by atomic mass is 9.95. The summed E-state index contributed by atoms with van der Waals surface area (Å²) < 4.78 is 6.53. The minimum Gasteiger partial charge on any atom is -0.507 e. The summed E-state index contributed by atoms with van der Waals surface area (Å²) in [6, 6.07) is 14.7. The third-order valence-corrected chi connectivity index (χ3v) is 8.07. The fourth-order valence-electron chi connectivity index (χ4n) is 4.57. The molecule has 0 saturated carbocycles. The van der Waals surface area contributed by atoms with Gasteiger partial charge in [-0.25, -0.2) is 4.98 Å². The molecular formula is C29H24Cl2N2O4S. The highest BCUT2D eigenvalue weighted by atomic mass is 35.5. The van der Waals surface area contributed by atoms with Gasteiger partial charge in [-0.3, -0.25) is 14.5 Å². The summed E-state index contributed by atoms with van der Waals surface area (Å²) in [6.45, 7) is 6.52. The number of carbonyl (C=O) groups excluding carboxylic acids is 2. The Bertz CT molecular complexity index is 1610. The summed E-state index contributed by atoms with van der Waals surface area (Å²) in [5.74, 6) is -1.24. The predicted octanol–water partition coefficient (Wildman–Crippen LogP) is 7.64. The lowest BCUT2D eigenvalue weighted by Gasteiger charge is -2.23. The average Bonchev–Trinajstić information content (AvgIpc) is 3.43. The van der Waals surface area contributed by atoms with E-state index < -0.39 is 17.7 Å². The van der Waals surface area contributed by atoms with E-state index in [1.54, 1.807) is 42.5 Å². The van der Waals surface area contributed by atoms with E-state index in [0.29, 0.717) is 33.6 Å². The largest absolute Gasteiger partial charge is 0.507 e. The average molecular weight is 567 g/mol. The van der Waals surface area contributed by atoms with Crippen molar-refractivity contribution in [3.8, 4) is 5.75 Å². The Morgan fingerprint density at radius 1 is 1.05 bits per heavy atom. The van der Waals surface area contributed by atoms with E-state index in [0.717, 1.165) is 27.8 Å². The van der Waals surface area contributed by atoms with Gasteiger partial charge in [0.25, 0.3) is 5.78 Å². The number of thiazole rings is 1. The first-order valence-corrected chi connectivity index (χ1v) is 13.6. The van der Waals surface area contributed by atoms with Crippen LogP contribution in [0.15, 0.2) is 60.2 Å². The van der Waals surface area contributed by atoms with Gasteiger partial charge in [0.2, 0.25) is 0 Å². The van der Waals surface area contributed by atoms with E-state index in [1.165, 1.54) is 16.2 Å². The van der Waals surface area contributed by atoms with E-state index >= 15 is 0 Å². The quantitative estimate of drug-likeness (QED) is 0.147. The van der Waals surface area contributed by atoms with E-state index in [1.807, 2.05) is 32.9 Å². The lowest BCUT2D eigenvalue weighted by Crippen LogP contribution is -2.29. The van der Waals surface area contributed by atoms with E-state index in [4.69, 9.17) is 32.9 Å². The molecule has 0 radical (unpaired) electrons. The van der Waals surface area contributed by atoms with Crippen molar-refractivity contribution >= 4 is 67.3 Å². The number of Topliss-reactive ketones (excluding diaryl/α,β-unsaturated/α-hetero) is 1. The van der Waals surface area contributed by atoms with Gasteiger partial charge in [-0.1, -0.05) is 53.6 Å². The number of hydrogen-bond donors (Lipinski definition) is 1. The van der Waals surface area contributed by atoms with Crippen molar-refractivity contribution in [2.45, 2.75) is 33.2 Å². The molecule has 0 spiro atoms. The molecular weight excluding hydrogens is 543 g/mol. The molecule has 2 heterocycles. The van der Waals surface area contributed by atoms with Crippen LogP contribution in [0.1, 0.15) is 41.6 Å². The zero-order chi connectivity index (χ0) is 27.1. The maximum absolute atomic E-state index is 13.5. The molecule has 1 saturated heterocycles. The van der Waals surface area contributed by atoms with Crippen LogP contribution in [0.5, 0.6) is 5.75 Å². The molecule has 1 fully saturated rings. The first kappa shape index (κ1) is 26.2. The van der Waals surface area contributed by atoms with Gasteiger partial charge in [0.15, 0.2) is 5.13 Å². The number of hydrogen-bond acceptors (Lipinski definition) is 6. The van der Waals surface area contributed by atoms with Gasteiger partial charge in [-0.2, -0.15) is 0 Å². The Kier molecular flexibility index (Phi) is 7.18. The van der Waals surface area contributed by atoms with Gasteiger partial charge >= 0.3 is 5.91 Å². The molecule has 3 aromatic carbocycles. The Hall–Kier alpha value is -3.39. The molecule has 1 aromatic heterocycles. The van der Waals surface area contributed by atoms with Gasteiger partial charge in [0.1, 0.15) is 11.5 Å². The Morgan fingerprint density at radius 3 is 2.47 bits per heavy atom. The second-order valence-electron chi connectivity index (χ2n) is 9.14. The first-order chi connectivity index (χ1) is 18.2. The minimum atomic E-state index is -0.956. The predicted molar refractivity (Wildman–Crippen MR) is 153 cm³/mol. The zero-order valence-corrected chi connectivity index (χ0v) is 23.2. The van der Waals surface area contributed by atoms with E-state index in [9.17, 15) is 14.7 Å². The number of aryl methyl sites for hydroxylation is 2. The minimum absolute atomic E-state index is 0.0530. The van der Waals surface area contributed by atoms with Crippen molar-refractivity contribution < 1.29 is 19.4 Å². The van der Waals surface area contributed by atoms with Crippen molar-refractivity contribution in [2.24, 2.45) is 0 Å². The van der Waals surface area contributed by atoms with Crippen molar-refractivity contribution in [3.05, 3.63) is 92.5 Å². The summed E-state index contributed by atoms with van der Waals surface area (Å²) >= 11 is 13.8. The van der Waals surface area contributed by atoms with Gasteiger partial charge in [0.05, 0.1) is 38.5 Å². The van der Waals surface area contributed by atoms with Crippen LogP contribution in [0.2, 0.25) is 10.0 Å². The molecule has 1 atom stereocenters. The number of benzene rings is 3. The van der Waals surface area contributed by atoms with Crippen molar-refractivity contribution in [1.29, 1.82) is 0 Å². The molecule has 0 bridgehead atoms. The topological polar surface area (TPSA) is 79.7 Å². The third kappa shape index (κ3) is 4.66. The molecule has 1 amide bonds. The van der Waals surface area contributed by atoms with Crippen LogP contribution in [-0.2, 0) is 9.59 Å². The SMILES string of the molecule is CCCOc1ccc(C(O)=C2C(=O)C(=O)N(c3nc4c(C)cc(C)cc4s3)C2c2ccc(Cl)c(Cl)c2)cc1. The van der Waals surface area contributed by atoms with E-state index in [2.05, 4.69) is 0 Å². The van der Waals surface area contributed by atoms with Crippen LogP contribution < -0.4 is 9.64 Å². The molecule has 1 aliphatic heterocycles. The van der Waals surface area contributed by atoms with E-state index in [-0.39, 0.29) is 16.4 Å². The maximum atomic E-state index is 13.5. The number of aromatic nitrogens is 1. The molecule has 1 unspecified atom stereocenters. The smallest absolute Gasteiger partial charge is 0.301 e. The van der Waals surface area contributed by atoms with Crippen LogP contribution >= 0.6 is 34.5 Å². The van der Waals surface area contributed by atoms with Crippen LogP contribution in [0.4, 0.5) is 5.13 Å². The maximum Gasteiger partial charge on any atom is 0.301 e. The monoisotopic (exact) mass is 566 g/mol. The van der Waals surface area contributed by atoms with Gasteiger partial charge in [-0.15, -0.1) is 0 Å². The molecule has 1 N–H and O–H groups in total. The number of nitrogens with zero attached hydrogens (tertiary/aromatic N) is 2. The van der Waals surface area contributed by atoms with Crippen molar-refractivity contribution in [2.75, 3.05) is 11.5 Å². The molecule has 38 heavy (non-hydrogen) atoms. The number of anilines is 1. The molecule has 1 aliphatic rings. The van der Waals surface area contributed by atoms with Gasteiger partial charge < -0.3 is 9.84 Å². The Morgan fingerprint density at radius 2 is 1.79 bits per heavy atom. The zero-order valence-electron chi connectivity index (χ0n) is 20.9. The van der Waals surface area contributed by atoms with Gasteiger partial charge in [0, 0.05) is 5.56 Å². The number of ether oxygens (including phenoxy) is 1. The van der Waals surface area contributed by atoms with Crippen LogP contribution in [0.3, 0.4) is 0 Å². The summed E-state index contributed by atoms with van der Waals surface area (Å²) in [7, 11) is 0.